The Kier molecular flexibility index (Phi) is 6.96. The van der Waals surface area contributed by atoms with Crippen LogP contribution in [0.5, 0.6) is 0 Å². The maximum Gasteiger partial charge on any atom is 0.182 e. The Morgan fingerprint density at radius 2 is 1.67 bits per heavy atom. The number of aromatic amines is 1. The van der Waals surface area contributed by atoms with Gasteiger partial charge in [0.1, 0.15) is 7.40 Å². The number of aromatic nitrogens is 6. The molecule has 0 atom stereocenters. The number of H-pyrrole nitrogens is 1. The number of rotatable bonds is 0. The molecule has 0 spiro atoms. The Labute approximate surface area is 182 Å². The van der Waals surface area contributed by atoms with Gasteiger partial charge in [-0.05, 0) is 89.2 Å². The first-order valence-corrected chi connectivity index (χ1v) is 9.99. The van der Waals surface area contributed by atoms with Crippen molar-refractivity contribution in [1.29, 1.82) is 0 Å². The van der Waals surface area contributed by atoms with Crippen LogP contribution in [0.3, 0.4) is 0 Å². The number of hydrogen-bond donors (Lipinski definition) is 1. The summed E-state index contributed by atoms with van der Waals surface area (Å²) in [5, 5.41) is 13.2. The SMILES string of the molecule is Brc1cnc2n[nH]c(I)c2c1.C.Cn1nc(I)c2cc(Br)cnc21. The Morgan fingerprint density at radius 3 is 2.38 bits per heavy atom. The molecule has 0 fully saturated rings. The highest BCUT2D eigenvalue weighted by Gasteiger charge is 2.06. The Bertz CT molecular complexity index is 998. The van der Waals surface area contributed by atoms with Crippen LogP contribution in [-0.2, 0) is 7.05 Å². The maximum absolute atomic E-state index is 4.25. The van der Waals surface area contributed by atoms with Crippen molar-refractivity contribution in [2.45, 2.75) is 7.43 Å². The van der Waals surface area contributed by atoms with E-state index < -0.39 is 0 Å². The van der Waals surface area contributed by atoms with Crippen LogP contribution >= 0.6 is 77.0 Å². The minimum Gasteiger partial charge on any atom is -0.269 e. The van der Waals surface area contributed by atoms with Gasteiger partial charge in [0.05, 0.1) is 10.8 Å². The van der Waals surface area contributed by atoms with Crippen molar-refractivity contribution in [2.24, 2.45) is 7.05 Å². The van der Waals surface area contributed by atoms with E-state index in [0.717, 1.165) is 38.4 Å². The van der Waals surface area contributed by atoms with Gasteiger partial charge in [0.15, 0.2) is 11.3 Å². The third kappa shape index (κ3) is 4.25. The second-order valence-electron chi connectivity index (χ2n) is 4.50. The summed E-state index contributed by atoms with van der Waals surface area (Å²) in [4.78, 5) is 8.36. The normalized spacial score (nSPS) is 10.4. The van der Waals surface area contributed by atoms with Crippen LogP contribution in [0.1, 0.15) is 7.43 Å². The minimum absolute atomic E-state index is 0. The number of pyridine rings is 2. The molecule has 0 saturated heterocycles. The molecule has 0 aliphatic carbocycles. The molecule has 1 N–H and O–H groups in total. The third-order valence-electron chi connectivity index (χ3n) is 2.93. The molecule has 0 aromatic carbocycles. The second-order valence-corrected chi connectivity index (χ2v) is 8.43. The van der Waals surface area contributed by atoms with Crippen molar-refractivity contribution >= 4 is 99.1 Å². The molecule has 10 heteroatoms. The fourth-order valence-corrected chi connectivity index (χ4v) is 3.82. The molecule has 0 bridgehead atoms. The van der Waals surface area contributed by atoms with Crippen molar-refractivity contribution in [2.75, 3.05) is 0 Å². The molecule has 0 radical (unpaired) electrons. The van der Waals surface area contributed by atoms with Crippen LogP contribution in [0.2, 0.25) is 0 Å². The van der Waals surface area contributed by atoms with Crippen molar-refractivity contribution in [3.8, 4) is 0 Å². The Balaban J connectivity index is 0.000000167. The summed E-state index contributed by atoms with van der Waals surface area (Å²) in [7, 11) is 1.89. The van der Waals surface area contributed by atoms with Gasteiger partial charge in [-0.2, -0.15) is 10.2 Å². The lowest BCUT2D eigenvalue weighted by Gasteiger charge is -1.92. The fourth-order valence-electron chi connectivity index (χ4n) is 1.92. The first-order valence-electron chi connectivity index (χ1n) is 6.24. The van der Waals surface area contributed by atoms with Gasteiger partial charge < -0.3 is 0 Å². The van der Waals surface area contributed by atoms with Crippen LogP contribution in [0.15, 0.2) is 33.5 Å². The standard InChI is InChI=1S/C7H5BrIN3.C6H3BrIN3.CH4/c1-12-7-5(6(9)11-12)2-4(8)3-10-7;7-3-1-4-5(8)10-11-6(4)9-2-3;/h2-3H,1H3;1-2H,(H,9,10,11);1H4. The van der Waals surface area contributed by atoms with Crippen molar-refractivity contribution in [3.63, 3.8) is 0 Å². The van der Waals surface area contributed by atoms with Gasteiger partial charge in [-0.25, -0.2) is 14.6 Å². The number of hydrogen-bond acceptors (Lipinski definition) is 4. The predicted octanol–water partition coefficient (Wildman–Crippen LogP) is 5.30. The van der Waals surface area contributed by atoms with E-state index in [-0.39, 0.29) is 7.43 Å². The minimum atomic E-state index is 0. The average molecular weight is 678 g/mol. The summed E-state index contributed by atoms with van der Waals surface area (Å²) in [5.41, 5.74) is 1.68. The zero-order chi connectivity index (χ0) is 16.6. The molecule has 0 unspecified atom stereocenters. The first-order chi connectivity index (χ1) is 11.0. The number of aryl methyl sites for hydroxylation is 1. The zero-order valence-corrected chi connectivity index (χ0v) is 19.0. The van der Waals surface area contributed by atoms with Crippen LogP contribution in [0.25, 0.3) is 22.1 Å². The number of nitrogens with one attached hydrogen (secondary N) is 1. The van der Waals surface area contributed by atoms with Gasteiger partial charge in [0.25, 0.3) is 0 Å². The molecule has 24 heavy (non-hydrogen) atoms. The summed E-state index contributed by atoms with van der Waals surface area (Å²) in [6.45, 7) is 0. The number of fused-ring (bicyclic) bond motifs is 2. The summed E-state index contributed by atoms with van der Waals surface area (Å²) in [5.74, 6) is 0. The number of nitrogens with zero attached hydrogens (tertiary/aromatic N) is 5. The van der Waals surface area contributed by atoms with Gasteiger partial charge in [-0.15, -0.1) is 0 Å². The maximum atomic E-state index is 4.25. The molecule has 4 aromatic rings. The molecule has 0 saturated carbocycles. The van der Waals surface area contributed by atoms with Crippen molar-refractivity contribution < 1.29 is 0 Å². The van der Waals surface area contributed by atoms with E-state index in [1.165, 1.54) is 0 Å². The molecule has 4 rings (SSSR count). The molecular formula is C14H12Br2I2N6. The molecule has 6 nitrogen and oxygen atoms in total. The lowest BCUT2D eigenvalue weighted by molar-refractivity contribution is 0.777. The largest absolute Gasteiger partial charge is 0.269 e. The van der Waals surface area contributed by atoms with E-state index in [9.17, 15) is 0 Å². The van der Waals surface area contributed by atoms with Gasteiger partial charge >= 0.3 is 0 Å². The molecule has 4 aromatic heterocycles. The van der Waals surface area contributed by atoms with E-state index >= 15 is 0 Å². The van der Waals surface area contributed by atoms with E-state index in [1.54, 1.807) is 17.1 Å². The van der Waals surface area contributed by atoms with Gasteiger partial charge in [-0.3, -0.25) is 5.10 Å². The summed E-state index contributed by atoms with van der Waals surface area (Å²) < 4.78 is 5.75. The smallest absolute Gasteiger partial charge is 0.182 e. The van der Waals surface area contributed by atoms with Crippen molar-refractivity contribution in [3.05, 3.63) is 40.9 Å². The van der Waals surface area contributed by atoms with Crippen LogP contribution < -0.4 is 0 Å². The fraction of sp³-hybridized carbons (Fsp3) is 0.143. The monoisotopic (exact) mass is 676 g/mol. The zero-order valence-electron chi connectivity index (χ0n) is 11.6. The highest BCUT2D eigenvalue weighted by molar-refractivity contribution is 14.1. The van der Waals surface area contributed by atoms with Gasteiger partial charge in [0.2, 0.25) is 0 Å². The van der Waals surface area contributed by atoms with Crippen molar-refractivity contribution in [1.82, 2.24) is 29.9 Å². The molecular weight excluding hydrogens is 666 g/mol. The van der Waals surface area contributed by atoms with E-state index in [1.807, 2.05) is 19.2 Å². The summed E-state index contributed by atoms with van der Waals surface area (Å²) >= 11 is 11.1. The summed E-state index contributed by atoms with van der Waals surface area (Å²) in [6, 6.07) is 4.02. The molecule has 126 valence electrons. The second kappa shape index (κ2) is 8.36. The van der Waals surface area contributed by atoms with E-state index in [2.05, 4.69) is 102 Å². The summed E-state index contributed by atoms with van der Waals surface area (Å²) in [6.07, 6.45) is 3.51. The average Bonchev–Trinajstić information content (AvgIpc) is 3.01. The van der Waals surface area contributed by atoms with E-state index in [4.69, 9.17) is 0 Å². The molecule has 0 aliphatic rings. The lowest BCUT2D eigenvalue weighted by atomic mass is 10.4. The number of halogens is 4. The predicted molar refractivity (Wildman–Crippen MR) is 120 cm³/mol. The highest BCUT2D eigenvalue weighted by atomic mass is 127. The lowest BCUT2D eigenvalue weighted by Crippen LogP contribution is -1.91. The Hall–Kier alpha value is -0.340. The van der Waals surface area contributed by atoms with Crippen LogP contribution in [0.4, 0.5) is 0 Å². The topological polar surface area (TPSA) is 72.3 Å². The van der Waals surface area contributed by atoms with Crippen LogP contribution in [0, 0.1) is 7.40 Å². The molecule has 0 aliphatic heterocycles. The first kappa shape index (κ1) is 20.0. The van der Waals surface area contributed by atoms with Crippen LogP contribution in [-0.4, -0.2) is 29.9 Å². The molecule has 4 heterocycles. The third-order valence-corrected chi connectivity index (χ3v) is 5.42. The van der Waals surface area contributed by atoms with E-state index in [0.29, 0.717) is 0 Å². The van der Waals surface area contributed by atoms with Gasteiger partial charge in [0, 0.05) is 28.4 Å². The quantitative estimate of drug-likeness (QED) is 0.257. The molecule has 0 amide bonds. The van der Waals surface area contributed by atoms with Gasteiger partial charge in [-0.1, -0.05) is 7.43 Å². The highest BCUT2D eigenvalue weighted by Crippen LogP contribution is 2.21. The Morgan fingerprint density at radius 1 is 1.04 bits per heavy atom.